The van der Waals surface area contributed by atoms with E-state index in [1.165, 1.54) is 24.2 Å². The average molecular weight is 520 g/mol. The van der Waals surface area contributed by atoms with Gasteiger partial charge < -0.3 is 19.3 Å². The third kappa shape index (κ3) is 5.37. The van der Waals surface area contributed by atoms with Gasteiger partial charge in [0.15, 0.2) is 11.5 Å². The smallest absolute Gasteiger partial charge is 0.387 e. The van der Waals surface area contributed by atoms with Gasteiger partial charge >= 0.3 is 19.3 Å². The molecule has 3 aromatic rings. The van der Waals surface area contributed by atoms with Gasteiger partial charge in [-0.25, -0.2) is 9.80 Å². The Labute approximate surface area is 209 Å². The molecule has 1 atom stereocenters. The van der Waals surface area contributed by atoms with E-state index in [-0.39, 0.29) is 12.1 Å². The molecular formula is C25H24F4N4O4. The lowest BCUT2D eigenvalue weighted by Gasteiger charge is -2.22. The first-order valence-corrected chi connectivity index (χ1v) is 11.3. The molecule has 1 unspecified atom stereocenters. The van der Waals surface area contributed by atoms with Crippen LogP contribution in [-0.2, 0) is 6.42 Å². The number of amides is 2. The van der Waals surface area contributed by atoms with E-state index in [0.29, 0.717) is 28.1 Å². The van der Waals surface area contributed by atoms with Crippen molar-refractivity contribution < 1.29 is 36.4 Å². The Bertz CT molecular complexity index is 1310. The number of benzene rings is 2. The summed E-state index contributed by atoms with van der Waals surface area (Å²) in [6.07, 6.45) is 0.182. The Morgan fingerprint density at radius 2 is 1.65 bits per heavy atom. The molecule has 1 aromatic heterocycles. The SMILES string of the molecule is CNC(=O)N1N=C(c2ccc(-c3c(C)noc3C)cc2)c2cc(OC(F)F)c(OC(F)F)cc2CC1C. The molecule has 1 aliphatic heterocycles. The second-order valence-electron chi connectivity index (χ2n) is 8.39. The van der Waals surface area contributed by atoms with Crippen LogP contribution >= 0.6 is 0 Å². The lowest BCUT2D eigenvalue weighted by Crippen LogP contribution is -2.41. The van der Waals surface area contributed by atoms with Crippen LogP contribution in [0.2, 0.25) is 0 Å². The van der Waals surface area contributed by atoms with Gasteiger partial charge in [-0.3, -0.25) is 0 Å². The molecule has 12 heteroatoms. The molecule has 2 aromatic carbocycles. The molecule has 8 nitrogen and oxygen atoms in total. The lowest BCUT2D eigenvalue weighted by atomic mass is 9.93. The molecule has 2 amide bonds. The predicted octanol–water partition coefficient (Wildman–Crippen LogP) is 5.50. The van der Waals surface area contributed by atoms with E-state index in [1.54, 1.807) is 26.0 Å². The topological polar surface area (TPSA) is 89.2 Å². The van der Waals surface area contributed by atoms with Crippen molar-refractivity contribution in [1.29, 1.82) is 0 Å². The molecule has 1 N–H and O–H groups in total. The molecule has 1 aliphatic rings. The van der Waals surface area contributed by atoms with Crippen LogP contribution in [0.1, 0.15) is 35.1 Å². The van der Waals surface area contributed by atoms with Crippen LogP contribution < -0.4 is 14.8 Å². The van der Waals surface area contributed by atoms with E-state index in [1.807, 2.05) is 19.1 Å². The summed E-state index contributed by atoms with van der Waals surface area (Å²) in [5.74, 6) is -0.472. The van der Waals surface area contributed by atoms with Gasteiger partial charge in [-0.1, -0.05) is 29.4 Å². The van der Waals surface area contributed by atoms with Crippen LogP contribution in [0.25, 0.3) is 11.1 Å². The van der Waals surface area contributed by atoms with E-state index in [2.05, 4.69) is 25.0 Å². The number of hydrogen-bond acceptors (Lipinski definition) is 6. The minimum atomic E-state index is -3.28. The van der Waals surface area contributed by atoms with Gasteiger partial charge in [0.1, 0.15) is 5.76 Å². The molecule has 0 saturated carbocycles. The van der Waals surface area contributed by atoms with E-state index in [9.17, 15) is 22.4 Å². The Morgan fingerprint density at radius 1 is 1.05 bits per heavy atom. The number of aryl methyl sites for hydroxylation is 2. The molecule has 0 bridgehead atoms. The molecule has 4 rings (SSSR count). The van der Waals surface area contributed by atoms with Crippen LogP contribution in [0.3, 0.4) is 0 Å². The number of nitrogens with zero attached hydrogens (tertiary/aromatic N) is 3. The van der Waals surface area contributed by atoms with Crippen molar-refractivity contribution in [2.24, 2.45) is 5.10 Å². The number of nitrogens with one attached hydrogen (secondary N) is 1. The summed E-state index contributed by atoms with van der Waals surface area (Å²) < 4.78 is 66.5. The minimum absolute atomic E-state index is 0.182. The fraction of sp³-hybridized carbons (Fsp3) is 0.320. The van der Waals surface area contributed by atoms with Crippen LogP contribution in [0, 0.1) is 13.8 Å². The highest BCUT2D eigenvalue weighted by Gasteiger charge is 2.29. The van der Waals surface area contributed by atoms with Crippen molar-refractivity contribution in [2.45, 2.75) is 46.5 Å². The third-order valence-corrected chi connectivity index (χ3v) is 5.90. The number of fused-ring (bicyclic) bond motifs is 1. The van der Waals surface area contributed by atoms with Crippen LogP contribution in [0.4, 0.5) is 22.4 Å². The summed E-state index contributed by atoms with van der Waals surface area (Å²) in [6.45, 7) is -1.20. The first-order chi connectivity index (χ1) is 17.6. The van der Waals surface area contributed by atoms with Crippen molar-refractivity contribution >= 4 is 11.7 Å². The first-order valence-electron chi connectivity index (χ1n) is 11.3. The zero-order chi connectivity index (χ0) is 26.9. The maximum absolute atomic E-state index is 13.1. The normalized spacial score (nSPS) is 15.4. The molecule has 196 valence electrons. The second kappa shape index (κ2) is 10.5. The van der Waals surface area contributed by atoms with Crippen LogP contribution in [-0.4, -0.2) is 48.2 Å². The van der Waals surface area contributed by atoms with E-state index in [0.717, 1.165) is 11.1 Å². The summed E-state index contributed by atoms with van der Waals surface area (Å²) in [5, 5.41) is 12.3. The van der Waals surface area contributed by atoms with Crippen molar-refractivity contribution in [3.8, 4) is 22.6 Å². The standard InChI is InChI=1S/C25H24F4N4O4/c1-12-9-17-10-19(35-23(26)27)20(36-24(28)29)11-18(17)22(31-33(12)25(34)30-4)16-7-5-15(6-8-16)21-13(2)32-37-14(21)3/h5-8,10-12,23-24H,9H2,1-4H3,(H,30,34). The van der Waals surface area contributed by atoms with E-state index in [4.69, 9.17) is 4.52 Å². The Hall–Kier alpha value is -4.09. The predicted molar refractivity (Wildman–Crippen MR) is 126 cm³/mol. The number of halogens is 4. The number of alkyl halides is 4. The maximum Gasteiger partial charge on any atom is 0.387 e. The fourth-order valence-corrected chi connectivity index (χ4v) is 4.30. The molecule has 0 fully saturated rings. The summed E-state index contributed by atoms with van der Waals surface area (Å²) >= 11 is 0. The molecular weight excluding hydrogens is 496 g/mol. The molecule has 0 radical (unpaired) electrons. The number of aromatic nitrogens is 1. The maximum atomic E-state index is 13.1. The quantitative estimate of drug-likeness (QED) is 0.434. The summed E-state index contributed by atoms with van der Waals surface area (Å²) in [7, 11) is 1.45. The van der Waals surface area contributed by atoms with Gasteiger partial charge in [-0.05, 0) is 50.5 Å². The Morgan fingerprint density at radius 3 is 2.19 bits per heavy atom. The molecule has 0 spiro atoms. The molecule has 2 heterocycles. The number of rotatable bonds is 6. The monoisotopic (exact) mass is 520 g/mol. The van der Waals surface area contributed by atoms with Gasteiger partial charge in [-0.2, -0.15) is 22.7 Å². The number of carbonyl (C=O) groups excluding carboxylic acids is 1. The fourth-order valence-electron chi connectivity index (χ4n) is 4.30. The highest BCUT2D eigenvalue weighted by molar-refractivity contribution is 6.14. The van der Waals surface area contributed by atoms with Gasteiger partial charge in [0.2, 0.25) is 0 Å². The Balaban J connectivity index is 1.88. The minimum Gasteiger partial charge on any atom is -0.431 e. The second-order valence-corrected chi connectivity index (χ2v) is 8.39. The van der Waals surface area contributed by atoms with Gasteiger partial charge in [0.05, 0.1) is 17.4 Å². The van der Waals surface area contributed by atoms with Gasteiger partial charge in [0.25, 0.3) is 0 Å². The Kier molecular flexibility index (Phi) is 7.37. The van der Waals surface area contributed by atoms with Crippen molar-refractivity contribution in [2.75, 3.05) is 7.05 Å². The van der Waals surface area contributed by atoms with Crippen molar-refractivity contribution in [1.82, 2.24) is 15.5 Å². The third-order valence-electron chi connectivity index (χ3n) is 5.90. The summed E-state index contributed by atoms with van der Waals surface area (Å²) in [6, 6.07) is 8.52. The molecule has 37 heavy (non-hydrogen) atoms. The number of hydrazone groups is 1. The molecule has 0 aliphatic carbocycles. The summed E-state index contributed by atoms with van der Waals surface area (Å²) in [4.78, 5) is 12.6. The van der Waals surface area contributed by atoms with E-state index >= 15 is 0 Å². The van der Waals surface area contributed by atoms with Crippen molar-refractivity contribution in [3.63, 3.8) is 0 Å². The van der Waals surface area contributed by atoms with Crippen molar-refractivity contribution in [3.05, 3.63) is 64.5 Å². The largest absolute Gasteiger partial charge is 0.431 e. The number of hydrogen-bond donors (Lipinski definition) is 1. The highest BCUT2D eigenvalue weighted by atomic mass is 19.3. The van der Waals surface area contributed by atoms with Gasteiger partial charge in [0, 0.05) is 23.7 Å². The number of carbonyl (C=O) groups is 1. The highest BCUT2D eigenvalue weighted by Crippen LogP contribution is 2.37. The summed E-state index contributed by atoms with van der Waals surface area (Å²) in [5.41, 5.74) is 3.97. The lowest BCUT2D eigenvalue weighted by molar-refractivity contribution is -0.0692. The average Bonchev–Trinajstić information content (AvgIpc) is 3.10. The van der Waals surface area contributed by atoms with Crippen LogP contribution in [0.15, 0.2) is 46.0 Å². The zero-order valence-electron chi connectivity index (χ0n) is 20.4. The number of ether oxygens (including phenoxy) is 2. The molecule has 0 saturated heterocycles. The van der Waals surface area contributed by atoms with Crippen LogP contribution in [0.5, 0.6) is 11.5 Å². The first kappa shape index (κ1) is 26.0. The zero-order valence-corrected chi connectivity index (χ0v) is 20.4. The van der Waals surface area contributed by atoms with E-state index < -0.39 is 36.8 Å². The van der Waals surface area contributed by atoms with Gasteiger partial charge in [-0.15, -0.1) is 0 Å². The number of urea groups is 1.